The van der Waals surface area contributed by atoms with Crippen LogP contribution in [0.5, 0.6) is 5.75 Å². The normalized spacial score (nSPS) is 19.6. The van der Waals surface area contributed by atoms with Gasteiger partial charge in [-0.15, -0.1) is 0 Å². The monoisotopic (exact) mass is 409 g/mol. The van der Waals surface area contributed by atoms with E-state index in [9.17, 15) is 4.79 Å². The minimum Gasteiger partial charge on any atom is -0.489 e. The van der Waals surface area contributed by atoms with Crippen LogP contribution in [-0.4, -0.2) is 48.3 Å². The quantitative estimate of drug-likeness (QED) is 0.755. The molecule has 1 N–H and O–H groups in total. The maximum atomic E-state index is 12.4. The molecule has 3 heterocycles. The smallest absolute Gasteiger partial charge is 0.317 e. The van der Waals surface area contributed by atoms with Crippen molar-refractivity contribution in [2.45, 2.75) is 44.8 Å². The average Bonchev–Trinajstić information content (AvgIpc) is 3.32. The number of hydrogen-bond donors (Lipinski definition) is 1. The van der Waals surface area contributed by atoms with Crippen LogP contribution in [0.3, 0.4) is 0 Å². The number of hydrogen-bond acceptors (Lipinski definition) is 4. The minimum absolute atomic E-state index is 0.0579. The second kappa shape index (κ2) is 10.4. The van der Waals surface area contributed by atoms with Crippen LogP contribution in [0.15, 0.2) is 48.8 Å². The van der Waals surface area contributed by atoms with Crippen LogP contribution in [0, 0.1) is 5.92 Å². The topological polar surface area (TPSA) is 63.7 Å². The summed E-state index contributed by atoms with van der Waals surface area (Å²) in [6, 6.07) is 12.5. The van der Waals surface area contributed by atoms with E-state index in [0.717, 1.165) is 63.1 Å². The number of benzene rings is 1. The van der Waals surface area contributed by atoms with Gasteiger partial charge in [0.25, 0.3) is 0 Å². The Morgan fingerprint density at radius 3 is 2.50 bits per heavy atom. The van der Waals surface area contributed by atoms with E-state index < -0.39 is 0 Å². The van der Waals surface area contributed by atoms with Crippen LogP contribution in [-0.2, 0) is 17.8 Å². The lowest BCUT2D eigenvalue weighted by molar-refractivity contribution is 0.107. The number of piperidine rings is 1. The Balaban J connectivity index is 1.17. The highest BCUT2D eigenvalue weighted by Crippen LogP contribution is 2.22. The lowest BCUT2D eigenvalue weighted by atomic mass is 9.90. The number of aromatic nitrogens is 1. The molecule has 160 valence electrons. The summed E-state index contributed by atoms with van der Waals surface area (Å²) in [6.07, 6.45) is 9.00. The van der Waals surface area contributed by atoms with Crippen LogP contribution < -0.4 is 10.1 Å². The third kappa shape index (κ3) is 5.95. The Labute approximate surface area is 178 Å². The summed E-state index contributed by atoms with van der Waals surface area (Å²) in [5.41, 5.74) is 2.51. The molecule has 2 aliphatic rings. The van der Waals surface area contributed by atoms with Crippen molar-refractivity contribution >= 4 is 6.03 Å². The van der Waals surface area contributed by atoms with Gasteiger partial charge in [-0.25, -0.2) is 4.79 Å². The highest BCUT2D eigenvalue weighted by molar-refractivity contribution is 5.74. The molecule has 1 atom stereocenters. The van der Waals surface area contributed by atoms with Gasteiger partial charge in [0.05, 0.1) is 6.10 Å². The third-order valence-electron chi connectivity index (χ3n) is 6.01. The van der Waals surface area contributed by atoms with Crippen molar-refractivity contribution in [3.63, 3.8) is 0 Å². The molecule has 2 aromatic rings. The molecule has 0 aliphatic carbocycles. The molecule has 0 saturated carbocycles. The molecule has 4 rings (SSSR count). The van der Waals surface area contributed by atoms with Gasteiger partial charge in [0, 0.05) is 38.6 Å². The number of nitrogens with one attached hydrogen (secondary N) is 1. The zero-order valence-corrected chi connectivity index (χ0v) is 17.5. The number of nitrogens with zero attached hydrogens (tertiary/aromatic N) is 2. The van der Waals surface area contributed by atoms with Crippen molar-refractivity contribution in [2.75, 3.05) is 26.2 Å². The van der Waals surface area contributed by atoms with E-state index in [1.807, 2.05) is 17.0 Å². The molecule has 0 spiro atoms. The second-order valence-corrected chi connectivity index (χ2v) is 8.24. The molecule has 1 aromatic heterocycles. The van der Waals surface area contributed by atoms with Gasteiger partial charge in [0.1, 0.15) is 12.4 Å². The first-order valence-corrected chi connectivity index (χ1v) is 11.0. The Kier molecular flexibility index (Phi) is 7.19. The van der Waals surface area contributed by atoms with Gasteiger partial charge in [-0.2, -0.15) is 0 Å². The lowest BCUT2D eigenvalue weighted by Crippen LogP contribution is -2.46. The van der Waals surface area contributed by atoms with Crippen LogP contribution in [0.1, 0.15) is 36.8 Å². The molecule has 0 bridgehead atoms. The molecule has 6 nitrogen and oxygen atoms in total. The zero-order valence-electron chi connectivity index (χ0n) is 17.5. The molecular formula is C24H31N3O3. The molecule has 2 amide bonds. The highest BCUT2D eigenvalue weighted by Gasteiger charge is 2.24. The van der Waals surface area contributed by atoms with Crippen molar-refractivity contribution < 1.29 is 14.3 Å². The maximum absolute atomic E-state index is 12.4. The van der Waals surface area contributed by atoms with Crippen LogP contribution in [0.2, 0.25) is 0 Å². The van der Waals surface area contributed by atoms with E-state index in [0.29, 0.717) is 19.1 Å². The molecule has 2 saturated heterocycles. The first-order valence-electron chi connectivity index (χ1n) is 11.0. The van der Waals surface area contributed by atoms with Gasteiger partial charge < -0.3 is 19.7 Å². The van der Waals surface area contributed by atoms with Crippen molar-refractivity contribution in [1.82, 2.24) is 15.2 Å². The largest absolute Gasteiger partial charge is 0.489 e. The Hall–Kier alpha value is -2.60. The van der Waals surface area contributed by atoms with Gasteiger partial charge in [0.2, 0.25) is 0 Å². The summed E-state index contributed by atoms with van der Waals surface area (Å²) in [6.45, 7) is 3.68. The van der Waals surface area contributed by atoms with Gasteiger partial charge >= 0.3 is 6.03 Å². The van der Waals surface area contributed by atoms with Crippen LogP contribution >= 0.6 is 0 Å². The summed E-state index contributed by atoms with van der Waals surface area (Å²) < 4.78 is 11.4. The summed E-state index contributed by atoms with van der Waals surface area (Å²) in [4.78, 5) is 18.3. The number of urea groups is 1. The van der Waals surface area contributed by atoms with Crippen LogP contribution in [0.4, 0.5) is 4.79 Å². The zero-order chi connectivity index (χ0) is 20.6. The van der Waals surface area contributed by atoms with Crippen molar-refractivity contribution in [3.8, 4) is 5.75 Å². The van der Waals surface area contributed by atoms with Crippen molar-refractivity contribution in [1.29, 1.82) is 0 Å². The minimum atomic E-state index is 0.0579. The van der Waals surface area contributed by atoms with E-state index in [2.05, 4.69) is 34.6 Å². The summed E-state index contributed by atoms with van der Waals surface area (Å²) in [5, 5.41) is 3.04. The van der Waals surface area contributed by atoms with E-state index in [-0.39, 0.29) is 12.1 Å². The fraction of sp³-hybridized carbons (Fsp3) is 0.500. The molecule has 1 unspecified atom stereocenters. The first kappa shape index (κ1) is 20.7. The molecule has 30 heavy (non-hydrogen) atoms. The predicted octanol–water partition coefficient (Wildman–Crippen LogP) is 3.80. The first-order chi connectivity index (χ1) is 14.8. The number of carbonyl (C=O) groups is 1. The molecular weight excluding hydrogens is 378 g/mol. The molecule has 2 aliphatic heterocycles. The lowest BCUT2D eigenvalue weighted by Gasteiger charge is -2.32. The number of ether oxygens (including phenoxy) is 2. The summed E-state index contributed by atoms with van der Waals surface area (Å²) in [5.74, 6) is 1.46. The number of carbonyl (C=O) groups excluding carboxylic acids is 1. The fourth-order valence-corrected chi connectivity index (χ4v) is 4.16. The summed E-state index contributed by atoms with van der Waals surface area (Å²) in [7, 11) is 0. The Bertz CT molecular complexity index is 783. The molecule has 2 fully saturated rings. The van der Waals surface area contributed by atoms with E-state index >= 15 is 0 Å². The third-order valence-corrected chi connectivity index (χ3v) is 6.01. The molecule has 6 heteroatoms. The fourth-order valence-electron chi connectivity index (χ4n) is 4.16. The SMILES string of the molecule is O=C(NCC1CCCO1)N1CCC(Cc2ccc(COc3ccncc3)cc2)CC1. The maximum Gasteiger partial charge on any atom is 0.317 e. The second-order valence-electron chi connectivity index (χ2n) is 8.24. The van der Waals surface area contributed by atoms with E-state index in [1.54, 1.807) is 12.4 Å². The number of likely N-dealkylation sites (tertiary alicyclic amines) is 1. The Morgan fingerprint density at radius 2 is 1.80 bits per heavy atom. The highest BCUT2D eigenvalue weighted by atomic mass is 16.5. The van der Waals surface area contributed by atoms with Gasteiger partial charge in [-0.1, -0.05) is 24.3 Å². The van der Waals surface area contributed by atoms with Gasteiger partial charge in [0.15, 0.2) is 0 Å². The standard InChI is InChI=1S/C24H31N3O3/c28-24(26-17-23-2-1-15-29-23)27-13-9-20(10-14-27)16-19-3-5-21(6-4-19)18-30-22-7-11-25-12-8-22/h3-8,11-12,20,23H,1-2,9-10,13-18H2,(H,26,28). The molecule has 1 aromatic carbocycles. The Morgan fingerprint density at radius 1 is 1.07 bits per heavy atom. The number of pyridine rings is 1. The van der Waals surface area contributed by atoms with Crippen LogP contribution in [0.25, 0.3) is 0 Å². The van der Waals surface area contributed by atoms with Crippen molar-refractivity contribution in [2.24, 2.45) is 5.92 Å². The van der Waals surface area contributed by atoms with E-state index in [4.69, 9.17) is 9.47 Å². The van der Waals surface area contributed by atoms with E-state index in [1.165, 1.54) is 5.56 Å². The van der Waals surface area contributed by atoms with Gasteiger partial charge in [-0.3, -0.25) is 4.98 Å². The van der Waals surface area contributed by atoms with Gasteiger partial charge in [-0.05, 0) is 61.3 Å². The number of amides is 2. The van der Waals surface area contributed by atoms with Crippen molar-refractivity contribution in [3.05, 3.63) is 59.9 Å². The summed E-state index contributed by atoms with van der Waals surface area (Å²) >= 11 is 0. The number of rotatable bonds is 7. The average molecular weight is 410 g/mol. The predicted molar refractivity (Wildman–Crippen MR) is 115 cm³/mol. The molecule has 0 radical (unpaired) electrons.